The van der Waals surface area contributed by atoms with Crippen LogP contribution in [0, 0.1) is 6.92 Å². The molecule has 1 unspecified atom stereocenters. The first-order chi connectivity index (χ1) is 15.2. The summed E-state index contributed by atoms with van der Waals surface area (Å²) in [5.41, 5.74) is 6.34. The average Bonchev–Trinajstić information content (AvgIpc) is 2.95. The molecule has 1 aromatic heterocycles. The molecule has 1 N–H and O–H groups in total. The highest BCUT2D eigenvalue weighted by Gasteiger charge is 2.31. The lowest BCUT2D eigenvalue weighted by Crippen LogP contribution is -2.33. The lowest BCUT2D eigenvalue weighted by atomic mass is 9.94. The van der Waals surface area contributed by atoms with E-state index >= 15 is 0 Å². The minimum absolute atomic E-state index is 0.372. The summed E-state index contributed by atoms with van der Waals surface area (Å²) >= 11 is 6.25. The van der Waals surface area contributed by atoms with Crippen molar-refractivity contribution < 1.29 is 0 Å². The number of halogens is 1. The van der Waals surface area contributed by atoms with Crippen molar-refractivity contribution in [1.82, 2.24) is 14.7 Å². The van der Waals surface area contributed by atoms with Gasteiger partial charge in [0.25, 0.3) is 0 Å². The van der Waals surface area contributed by atoms with Crippen LogP contribution in [0.25, 0.3) is 5.69 Å². The fraction of sp³-hybridized carbons (Fsp3) is 0.423. The van der Waals surface area contributed by atoms with Crippen LogP contribution in [0.15, 0.2) is 48.5 Å². The number of hydrogen-bond acceptors (Lipinski definition) is 3. The van der Waals surface area contributed by atoms with Crippen LogP contribution in [-0.4, -0.2) is 27.8 Å². The summed E-state index contributed by atoms with van der Waals surface area (Å²) in [6.45, 7) is 5.24. The molecule has 4 nitrogen and oxygen atoms in total. The molecule has 2 aliphatic heterocycles. The molecule has 3 aromatic rings. The van der Waals surface area contributed by atoms with Crippen LogP contribution < -0.4 is 5.32 Å². The molecular weight excluding hydrogens is 404 g/mol. The van der Waals surface area contributed by atoms with Gasteiger partial charge < -0.3 is 5.32 Å². The molecule has 3 heterocycles. The number of piperidine rings is 1. The zero-order chi connectivity index (χ0) is 21.2. The molecule has 2 aliphatic rings. The Balaban J connectivity index is 1.56. The molecule has 5 heteroatoms. The van der Waals surface area contributed by atoms with Crippen LogP contribution in [-0.2, 0) is 13.0 Å². The first-order valence-electron chi connectivity index (χ1n) is 11.6. The first-order valence-corrected chi connectivity index (χ1v) is 12.0. The lowest BCUT2D eigenvalue weighted by molar-refractivity contribution is 0.136. The van der Waals surface area contributed by atoms with Crippen molar-refractivity contribution in [2.75, 3.05) is 18.4 Å². The second kappa shape index (κ2) is 9.05. The van der Waals surface area contributed by atoms with E-state index in [0.717, 1.165) is 42.3 Å². The Bertz CT molecular complexity index is 1040. The van der Waals surface area contributed by atoms with Gasteiger partial charge in [-0.1, -0.05) is 48.4 Å². The monoisotopic (exact) mass is 434 g/mol. The summed E-state index contributed by atoms with van der Waals surface area (Å²) in [4.78, 5) is 2.64. The number of aryl methyl sites for hydroxylation is 1. The van der Waals surface area contributed by atoms with Gasteiger partial charge in [0.15, 0.2) is 0 Å². The number of fused-ring (bicyclic) bond motifs is 1. The number of aromatic nitrogens is 2. The van der Waals surface area contributed by atoms with Gasteiger partial charge in [0.1, 0.15) is 5.82 Å². The third-order valence-corrected chi connectivity index (χ3v) is 6.94. The molecule has 1 fully saturated rings. The minimum atomic E-state index is 0.372. The number of benzene rings is 2. The molecule has 2 aromatic carbocycles. The Morgan fingerprint density at radius 1 is 1.06 bits per heavy atom. The Hall–Kier alpha value is -2.30. The predicted octanol–water partition coefficient (Wildman–Crippen LogP) is 6.31. The zero-order valence-corrected chi connectivity index (χ0v) is 19.0. The number of hydrogen-bond donors (Lipinski definition) is 1. The average molecular weight is 435 g/mol. The molecule has 162 valence electrons. The van der Waals surface area contributed by atoms with E-state index in [9.17, 15) is 0 Å². The fourth-order valence-corrected chi connectivity index (χ4v) is 5.36. The maximum absolute atomic E-state index is 6.25. The second-order valence-electron chi connectivity index (χ2n) is 8.91. The molecule has 31 heavy (non-hydrogen) atoms. The van der Waals surface area contributed by atoms with Gasteiger partial charge in [-0.15, -0.1) is 0 Å². The molecule has 0 saturated carbocycles. The number of nitrogens with one attached hydrogen (secondary N) is 1. The largest absolute Gasteiger partial charge is 0.370 e. The summed E-state index contributed by atoms with van der Waals surface area (Å²) in [7, 11) is 0. The lowest BCUT2D eigenvalue weighted by Gasteiger charge is -2.35. The van der Waals surface area contributed by atoms with Crippen LogP contribution in [0.4, 0.5) is 5.82 Å². The number of nitrogens with zero attached hydrogens (tertiary/aromatic N) is 3. The summed E-state index contributed by atoms with van der Waals surface area (Å²) < 4.78 is 2.15. The van der Waals surface area contributed by atoms with Gasteiger partial charge in [0.2, 0.25) is 0 Å². The van der Waals surface area contributed by atoms with Crippen LogP contribution in [0.5, 0.6) is 0 Å². The Morgan fingerprint density at radius 2 is 1.94 bits per heavy atom. The maximum Gasteiger partial charge on any atom is 0.133 e. The molecule has 0 amide bonds. The quantitative estimate of drug-likeness (QED) is 0.522. The summed E-state index contributed by atoms with van der Waals surface area (Å²) in [5, 5.41) is 9.76. The number of likely N-dealkylation sites (tertiary alicyclic amines) is 1. The molecule has 0 radical (unpaired) electrons. The molecular formula is C26H31ClN4. The van der Waals surface area contributed by atoms with Crippen LogP contribution >= 0.6 is 11.6 Å². The Morgan fingerprint density at radius 3 is 2.77 bits per heavy atom. The minimum Gasteiger partial charge on any atom is -0.370 e. The van der Waals surface area contributed by atoms with Gasteiger partial charge in [-0.2, -0.15) is 5.10 Å². The Kier molecular flexibility index (Phi) is 6.02. The van der Waals surface area contributed by atoms with Crippen molar-refractivity contribution >= 4 is 17.4 Å². The van der Waals surface area contributed by atoms with Crippen LogP contribution in [0.2, 0.25) is 5.02 Å². The topological polar surface area (TPSA) is 33.1 Å². The van der Waals surface area contributed by atoms with E-state index in [-0.39, 0.29) is 0 Å². The van der Waals surface area contributed by atoms with Crippen molar-refractivity contribution in [3.8, 4) is 5.69 Å². The van der Waals surface area contributed by atoms with Gasteiger partial charge in [0, 0.05) is 23.7 Å². The summed E-state index contributed by atoms with van der Waals surface area (Å²) in [5.74, 6) is 1.18. The molecule has 5 rings (SSSR count). The van der Waals surface area contributed by atoms with Gasteiger partial charge in [-0.05, 0) is 74.9 Å². The highest BCUT2D eigenvalue weighted by Crippen LogP contribution is 2.38. The Labute approximate surface area is 190 Å². The highest BCUT2D eigenvalue weighted by atomic mass is 35.5. The van der Waals surface area contributed by atoms with Gasteiger partial charge >= 0.3 is 0 Å². The molecule has 1 saturated heterocycles. The second-order valence-corrected chi connectivity index (χ2v) is 9.34. The predicted molar refractivity (Wildman–Crippen MR) is 128 cm³/mol. The van der Waals surface area contributed by atoms with Crippen molar-refractivity contribution in [3.05, 3.63) is 75.9 Å². The molecule has 0 aliphatic carbocycles. The normalized spacial score (nSPS) is 19.5. The van der Waals surface area contributed by atoms with E-state index < -0.39 is 0 Å². The standard InChI is InChI=1S/C26H31ClN4/c1-19-17-21(27)13-14-23(19)31-26-22(11-5-7-15-28-26)25(29-31)24-12-6-8-16-30(24)18-20-9-3-2-4-10-20/h2-4,9-10,13-14,17,24,28H,5-8,11-12,15-16,18H2,1H3. The van der Waals surface area contributed by atoms with E-state index in [4.69, 9.17) is 16.7 Å². The van der Waals surface area contributed by atoms with Gasteiger partial charge in [-0.3, -0.25) is 4.90 Å². The van der Waals surface area contributed by atoms with Crippen molar-refractivity contribution in [3.63, 3.8) is 0 Å². The van der Waals surface area contributed by atoms with Crippen molar-refractivity contribution in [2.45, 2.75) is 58.0 Å². The van der Waals surface area contributed by atoms with E-state index in [1.807, 2.05) is 12.1 Å². The van der Waals surface area contributed by atoms with Crippen LogP contribution in [0.3, 0.4) is 0 Å². The highest BCUT2D eigenvalue weighted by molar-refractivity contribution is 6.30. The van der Waals surface area contributed by atoms with Crippen molar-refractivity contribution in [2.24, 2.45) is 0 Å². The van der Waals surface area contributed by atoms with Gasteiger partial charge in [-0.25, -0.2) is 4.68 Å². The third kappa shape index (κ3) is 4.24. The summed E-state index contributed by atoms with van der Waals surface area (Å²) in [6, 6.07) is 17.3. The summed E-state index contributed by atoms with van der Waals surface area (Å²) in [6.07, 6.45) is 7.22. The van der Waals surface area contributed by atoms with Crippen molar-refractivity contribution in [1.29, 1.82) is 0 Å². The molecule has 0 spiro atoms. The van der Waals surface area contributed by atoms with E-state index in [1.165, 1.54) is 54.7 Å². The van der Waals surface area contributed by atoms with E-state index in [1.54, 1.807) is 0 Å². The zero-order valence-electron chi connectivity index (χ0n) is 18.3. The van der Waals surface area contributed by atoms with E-state index in [2.05, 4.69) is 58.2 Å². The number of rotatable bonds is 4. The van der Waals surface area contributed by atoms with Crippen LogP contribution in [0.1, 0.15) is 60.5 Å². The fourth-order valence-electron chi connectivity index (χ4n) is 5.14. The molecule has 0 bridgehead atoms. The van der Waals surface area contributed by atoms with Gasteiger partial charge in [0.05, 0.1) is 17.4 Å². The maximum atomic E-state index is 6.25. The van der Waals surface area contributed by atoms with E-state index in [0.29, 0.717) is 6.04 Å². The first kappa shape index (κ1) is 20.6. The molecule has 1 atom stereocenters. The third-order valence-electron chi connectivity index (χ3n) is 6.71. The number of anilines is 1. The smallest absolute Gasteiger partial charge is 0.133 e. The SMILES string of the molecule is Cc1cc(Cl)ccc1-n1nc(C2CCCCN2Cc2ccccc2)c2c1NCCCC2.